The second kappa shape index (κ2) is 8.67. The fraction of sp³-hybridized carbons (Fsp3) is 0.292. The molecule has 1 N–H and O–H groups in total. The lowest BCUT2D eigenvalue weighted by molar-refractivity contribution is 0.0894. The smallest absolute Gasteiger partial charge is 0.410 e. The molecule has 1 aliphatic heterocycles. The van der Waals surface area contributed by atoms with Crippen molar-refractivity contribution in [3.05, 3.63) is 69.9 Å². The highest BCUT2D eigenvalue weighted by atomic mass is 32.1. The predicted molar refractivity (Wildman–Crippen MR) is 117 cm³/mol. The fourth-order valence-corrected chi connectivity index (χ4v) is 5.50. The molecule has 1 aliphatic carbocycles. The molecule has 1 amide bonds. The molecule has 2 heterocycles. The summed E-state index contributed by atoms with van der Waals surface area (Å²) in [7, 11) is 0. The van der Waals surface area contributed by atoms with Gasteiger partial charge in [0, 0.05) is 29.8 Å². The Kier molecular flexibility index (Phi) is 5.77. The highest BCUT2D eigenvalue weighted by molar-refractivity contribution is 7.10. The second-order valence-corrected chi connectivity index (χ2v) is 8.74. The number of hydrogen-bond acceptors (Lipinski definition) is 7. The number of carbonyl (C=O) groups excluding carboxylic acids is 1. The average molecular weight is 442 g/mol. The summed E-state index contributed by atoms with van der Waals surface area (Å²) in [6, 6.07) is 19.2. The maximum atomic E-state index is 12.8. The maximum absolute atomic E-state index is 12.8. The number of rotatable bonds is 3. The molecule has 0 spiro atoms. The van der Waals surface area contributed by atoms with E-state index in [1.807, 2.05) is 47.8 Å². The first-order chi connectivity index (χ1) is 15.6. The van der Waals surface area contributed by atoms with Crippen LogP contribution in [0.5, 0.6) is 0 Å². The molecule has 3 atom stereocenters. The van der Waals surface area contributed by atoms with Crippen LogP contribution in [-0.4, -0.2) is 29.8 Å². The first kappa shape index (κ1) is 21.3. The van der Waals surface area contributed by atoms with Crippen molar-refractivity contribution < 1.29 is 9.53 Å². The molecule has 0 bridgehead atoms. The van der Waals surface area contributed by atoms with E-state index in [1.165, 1.54) is 16.2 Å². The monoisotopic (exact) mass is 441 g/mol. The molecule has 4 rings (SSSR count). The summed E-state index contributed by atoms with van der Waals surface area (Å²) in [6.45, 7) is 0.588. The number of thiophene rings is 1. The Morgan fingerprint density at radius 2 is 1.94 bits per heavy atom. The Morgan fingerprint density at radius 1 is 1.19 bits per heavy atom. The van der Waals surface area contributed by atoms with Crippen LogP contribution >= 0.6 is 11.3 Å². The Hall–Kier alpha value is -3.93. The lowest BCUT2D eigenvalue weighted by atomic mass is 9.55. The van der Waals surface area contributed by atoms with Crippen LogP contribution in [0.4, 0.5) is 4.79 Å². The zero-order chi connectivity index (χ0) is 22.7. The highest BCUT2D eigenvalue weighted by Crippen LogP contribution is 2.54. The third-order valence-corrected chi connectivity index (χ3v) is 7.06. The first-order valence-electron chi connectivity index (χ1n) is 10.1. The van der Waals surface area contributed by atoms with Crippen LogP contribution in [0.1, 0.15) is 16.4 Å². The van der Waals surface area contributed by atoms with Gasteiger partial charge in [-0.15, -0.1) is 11.3 Å². The molecule has 1 saturated carbocycles. The maximum Gasteiger partial charge on any atom is 0.410 e. The molecule has 7 nitrogen and oxygen atoms in total. The van der Waals surface area contributed by atoms with Crippen molar-refractivity contribution in [1.29, 1.82) is 21.2 Å². The van der Waals surface area contributed by atoms with E-state index in [0.29, 0.717) is 5.57 Å². The van der Waals surface area contributed by atoms with E-state index in [1.54, 1.807) is 6.08 Å². The quantitative estimate of drug-likeness (QED) is 0.714. The molecule has 1 fully saturated rings. The number of fused-ring (bicyclic) bond motifs is 1. The van der Waals surface area contributed by atoms with Crippen molar-refractivity contribution in [2.24, 2.45) is 17.3 Å². The number of nitrogens with zero attached hydrogens (tertiary/aromatic N) is 4. The van der Waals surface area contributed by atoms with Gasteiger partial charge in [-0.25, -0.2) is 4.79 Å². The Labute approximate surface area is 189 Å². The van der Waals surface area contributed by atoms with E-state index >= 15 is 0 Å². The summed E-state index contributed by atoms with van der Waals surface area (Å²) in [5.41, 5.74) is -0.395. The van der Waals surface area contributed by atoms with Gasteiger partial charge in [-0.05, 0) is 22.6 Å². The van der Waals surface area contributed by atoms with E-state index in [4.69, 9.17) is 10.1 Å². The standard InChI is InChI=1S/C24H19N5O2S/c25-11-18-17-8-9-29(23(30)31-13-16-5-2-1-3-6-16)12-19(17)21(20-7-4-10-32-20)24(14-26,15-27)22(18)28/h1-8,10,18-19,21,28H,9,12-13H2/t18?,19-,21-/m0/s1. The number of nitrogens with one attached hydrogen (secondary N) is 1. The summed E-state index contributed by atoms with van der Waals surface area (Å²) in [5.74, 6) is -2.05. The Bertz CT molecular complexity index is 1170. The average Bonchev–Trinajstić information content (AvgIpc) is 3.36. The predicted octanol–water partition coefficient (Wildman–Crippen LogP) is 4.23. The Balaban J connectivity index is 1.67. The molecule has 0 radical (unpaired) electrons. The highest BCUT2D eigenvalue weighted by Gasteiger charge is 2.58. The summed E-state index contributed by atoms with van der Waals surface area (Å²) in [6.07, 6.45) is 1.28. The van der Waals surface area contributed by atoms with E-state index in [0.717, 1.165) is 10.4 Å². The molecule has 32 heavy (non-hydrogen) atoms. The lowest BCUT2D eigenvalue weighted by Gasteiger charge is -2.46. The summed E-state index contributed by atoms with van der Waals surface area (Å²) in [5, 5.41) is 40.3. The van der Waals surface area contributed by atoms with E-state index < -0.39 is 29.3 Å². The van der Waals surface area contributed by atoms with Gasteiger partial charge in [0.25, 0.3) is 0 Å². The summed E-state index contributed by atoms with van der Waals surface area (Å²) >= 11 is 1.40. The number of ether oxygens (including phenoxy) is 1. The van der Waals surface area contributed by atoms with Crippen LogP contribution in [0, 0.1) is 56.7 Å². The summed E-state index contributed by atoms with van der Waals surface area (Å²) < 4.78 is 5.48. The van der Waals surface area contributed by atoms with E-state index in [9.17, 15) is 20.6 Å². The van der Waals surface area contributed by atoms with Gasteiger partial charge < -0.3 is 15.0 Å². The van der Waals surface area contributed by atoms with Crippen LogP contribution in [0.25, 0.3) is 0 Å². The van der Waals surface area contributed by atoms with E-state index in [-0.39, 0.29) is 25.4 Å². The molecule has 2 aliphatic rings. The van der Waals surface area contributed by atoms with Crippen molar-refractivity contribution in [1.82, 2.24) is 4.90 Å². The topological polar surface area (TPSA) is 125 Å². The number of carbonyl (C=O) groups is 1. The SMILES string of the molecule is N#CC1C(=N)C(C#N)(C#N)[C@H](c2cccs2)[C@H]2CN(C(=O)OCc3ccccc3)CC=C12. The fourth-order valence-electron chi connectivity index (χ4n) is 4.54. The lowest BCUT2D eigenvalue weighted by Crippen LogP contribution is -2.53. The van der Waals surface area contributed by atoms with Gasteiger partial charge in [0.1, 0.15) is 12.5 Å². The minimum Gasteiger partial charge on any atom is -0.445 e. The van der Waals surface area contributed by atoms with Crippen LogP contribution in [0.2, 0.25) is 0 Å². The van der Waals surface area contributed by atoms with Crippen molar-refractivity contribution in [3.8, 4) is 18.2 Å². The number of hydrogen-bond donors (Lipinski definition) is 1. The van der Waals surface area contributed by atoms with Crippen LogP contribution in [0.15, 0.2) is 59.5 Å². The molecule has 1 aromatic carbocycles. The number of nitriles is 3. The Morgan fingerprint density at radius 3 is 2.56 bits per heavy atom. The van der Waals surface area contributed by atoms with Gasteiger partial charge in [0.2, 0.25) is 0 Å². The van der Waals surface area contributed by atoms with Gasteiger partial charge in [-0.3, -0.25) is 0 Å². The first-order valence-corrected chi connectivity index (χ1v) is 10.9. The largest absolute Gasteiger partial charge is 0.445 e. The van der Waals surface area contributed by atoms with Crippen molar-refractivity contribution >= 4 is 23.1 Å². The zero-order valence-electron chi connectivity index (χ0n) is 17.1. The molecular weight excluding hydrogens is 422 g/mol. The molecule has 158 valence electrons. The van der Waals surface area contributed by atoms with Gasteiger partial charge in [-0.1, -0.05) is 42.5 Å². The molecule has 2 aromatic rings. The van der Waals surface area contributed by atoms with Gasteiger partial charge in [-0.2, -0.15) is 15.8 Å². The minimum atomic E-state index is -1.77. The van der Waals surface area contributed by atoms with Gasteiger partial charge in [0.05, 0.1) is 23.9 Å². The molecular formula is C24H19N5O2S. The molecule has 1 unspecified atom stereocenters. The molecule has 0 saturated heterocycles. The normalized spacial score (nSPS) is 23.7. The molecule has 8 heteroatoms. The third-order valence-electron chi connectivity index (χ3n) is 6.10. The zero-order valence-corrected chi connectivity index (χ0v) is 17.9. The van der Waals surface area contributed by atoms with E-state index in [2.05, 4.69) is 18.2 Å². The number of benzene rings is 1. The second-order valence-electron chi connectivity index (χ2n) is 7.76. The van der Waals surface area contributed by atoms with Crippen LogP contribution < -0.4 is 0 Å². The van der Waals surface area contributed by atoms with Crippen molar-refractivity contribution in [2.75, 3.05) is 13.1 Å². The molecule has 1 aromatic heterocycles. The summed E-state index contributed by atoms with van der Waals surface area (Å²) in [4.78, 5) is 15.1. The van der Waals surface area contributed by atoms with Crippen molar-refractivity contribution in [2.45, 2.75) is 12.5 Å². The minimum absolute atomic E-state index is 0.136. The van der Waals surface area contributed by atoms with Crippen LogP contribution in [-0.2, 0) is 11.3 Å². The third kappa shape index (κ3) is 3.43. The number of amides is 1. The van der Waals surface area contributed by atoms with Crippen molar-refractivity contribution in [3.63, 3.8) is 0 Å². The van der Waals surface area contributed by atoms with Gasteiger partial charge in [0.15, 0.2) is 5.41 Å². The van der Waals surface area contributed by atoms with Crippen LogP contribution in [0.3, 0.4) is 0 Å². The van der Waals surface area contributed by atoms with Gasteiger partial charge >= 0.3 is 6.09 Å².